The highest BCUT2D eigenvalue weighted by atomic mass is 19.1. The number of rotatable bonds is 4. The molecule has 0 heterocycles. The Morgan fingerprint density at radius 2 is 2.05 bits per heavy atom. The van der Waals surface area contributed by atoms with Crippen LogP contribution in [0, 0.1) is 5.82 Å². The Labute approximate surface area is 111 Å². The predicted octanol–water partition coefficient (Wildman–Crippen LogP) is 2.11. The average molecular weight is 267 g/mol. The van der Waals surface area contributed by atoms with Gasteiger partial charge in [-0.3, -0.25) is 4.79 Å². The summed E-state index contributed by atoms with van der Waals surface area (Å²) in [6, 6.07) is 3.49. The molecule has 3 amide bonds. The molecule has 1 aromatic carbocycles. The summed E-state index contributed by atoms with van der Waals surface area (Å²) in [4.78, 5) is 23.0. The maximum atomic E-state index is 13.4. The Hall–Kier alpha value is -2.11. The van der Waals surface area contributed by atoms with Crippen LogP contribution in [-0.2, 0) is 0 Å². The van der Waals surface area contributed by atoms with Crippen LogP contribution < -0.4 is 16.0 Å². The first-order chi connectivity index (χ1) is 8.97. The van der Waals surface area contributed by atoms with E-state index in [1.54, 1.807) is 0 Å². The fourth-order valence-corrected chi connectivity index (χ4v) is 1.40. The van der Waals surface area contributed by atoms with Gasteiger partial charge in [-0.1, -0.05) is 6.92 Å². The van der Waals surface area contributed by atoms with Gasteiger partial charge in [-0.05, 0) is 31.5 Å². The summed E-state index contributed by atoms with van der Waals surface area (Å²) in [5, 5.41) is 7.60. The molecule has 104 valence electrons. The third-order valence-electron chi connectivity index (χ3n) is 2.69. The molecule has 1 rings (SSSR count). The highest BCUT2D eigenvalue weighted by molar-refractivity contribution is 5.97. The number of benzene rings is 1. The van der Waals surface area contributed by atoms with Gasteiger partial charge in [0, 0.05) is 18.8 Å². The van der Waals surface area contributed by atoms with E-state index >= 15 is 0 Å². The zero-order valence-corrected chi connectivity index (χ0v) is 11.2. The largest absolute Gasteiger partial charge is 0.355 e. The van der Waals surface area contributed by atoms with Crippen molar-refractivity contribution in [2.75, 3.05) is 12.4 Å². The van der Waals surface area contributed by atoms with E-state index in [9.17, 15) is 14.0 Å². The van der Waals surface area contributed by atoms with Crippen molar-refractivity contribution in [3.63, 3.8) is 0 Å². The summed E-state index contributed by atoms with van der Waals surface area (Å²) in [5.41, 5.74) is 0.254. The third-order valence-corrected chi connectivity index (χ3v) is 2.69. The Balaban J connectivity index is 2.80. The van der Waals surface area contributed by atoms with Gasteiger partial charge in [-0.25, -0.2) is 9.18 Å². The molecule has 0 spiro atoms. The first-order valence-electron chi connectivity index (χ1n) is 6.07. The van der Waals surface area contributed by atoms with Crippen molar-refractivity contribution in [3.05, 3.63) is 29.6 Å². The van der Waals surface area contributed by atoms with E-state index in [4.69, 9.17) is 0 Å². The third kappa shape index (κ3) is 4.24. The number of halogens is 1. The number of nitrogens with one attached hydrogen (secondary N) is 3. The van der Waals surface area contributed by atoms with E-state index in [1.165, 1.54) is 19.2 Å². The lowest BCUT2D eigenvalue weighted by atomic mass is 10.1. The fraction of sp³-hybridized carbons (Fsp3) is 0.385. The van der Waals surface area contributed by atoms with Crippen molar-refractivity contribution in [1.29, 1.82) is 0 Å². The second-order valence-corrected chi connectivity index (χ2v) is 4.18. The Kier molecular flexibility index (Phi) is 5.29. The van der Waals surface area contributed by atoms with Gasteiger partial charge >= 0.3 is 6.03 Å². The molecule has 0 radical (unpaired) electrons. The monoisotopic (exact) mass is 267 g/mol. The summed E-state index contributed by atoms with van der Waals surface area (Å²) < 4.78 is 13.4. The van der Waals surface area contributed by atoms with Gasteiger partial charge in [0.1, 0.15) is 5.82 Å². The Bertz CT molecular complexity index is 477. The number of amides is 3. The van der Waals surface area contributed by atoms with Crippen LogP contribution in [0.1, 0.15) is 30.6 Å². The quantitative estimate of drug-likeness (QED) is 0.782. The van der Waals surface area contributed by atoms with E-state index in [-0.39, 0.29) is 17.6 Å². The topological polar surface area (TPSA) is 70.2 Å². The molecule has 6 heteroatoms. The molecule has 0 aliphatic rings. The maximum Gasteiger partial charge on any atom is 0.319 e. The van der Waals surface area contributed by atoms with Gasteiger partial charge in [-0.2, -0.15) is 0 Å². The van der Waals surface area contributed by atoms with E-state index in [0.29, 0.717) is 5.69 Å². The molecule has 0 aromatic heterocycles. The lowest BCUT2D eigenvalue weighted by molar-refractivity contribution is 0.0959. The Morgan fingerprint density at radius 3 is 2.63 bits per heavy atom. The van der Waals surface area contributed by atoms with Crippen LogP contribution in [0.25, 0.3) is 0 Å². The van der Waals surface area contributed by atoms with Gasteiger partial charge in [0.25, 0.3) is 5.91 Å². The van der Waals surface area contributed by atoms with Gasteiger partial charge in [0.05, 0.1) is 5.56 Å². The van der Waals surface area contributed by atoms with Gasteiger partial charge in [0.15, 0.2) is 0 Å². The second-order valence-electron chi connectivity index (χ2n) is 4.18. The molecule has 1 unspecified atom stereocenters. The molecular weight excluding hydrogens is 249 g/mol. The van der Waals surface area contributed by atoms with Crippen molar-refractivity contribution in [2.45, 2.75) is 26.3 Å². The molecule has 19 heavy (non-hydrogen) atoms. The molecule has 0 aliphatic heterocycles. The average Bonchev–Trinajstić information content (AvgIpc) is 2.39. The van der Waals surface area contributed by atoms with Crippen LogP contribution in [-0.4, -0.2) is 25.0 Å². The summed E-state index contributed by atoms with van der Waals surface area (Å²) in [5.74, 6) is -1.17. The van der Waals surface area contributed by atoms with Crippen molar-refractivity contribution < 1.29 is 14.0 Å². The van der Waals surface area contributed by atoms with Gasteiger partial charge in [-0.15, -0.1) is 0 Å². The first-order valence-corrected chi connectivity index (χ1v) is 6.07. The highest BCUT2D eigenvalue weighted by Crippen LogP contribution is 2.14. The van der Waals surface area contributed by atoms with E-state index in [0.717, 1.165) is 12.5 Å². The minimum Gasteiger partial charge on any atom is -0.355 e. The molecule has 5 nitrogen and oxygen atoms in total. The van der Waals surface area contributed by atoms with Crippen LogP contribution in [0.15, 0.2) is 18.2 Å². The smallest absolute Gasteiger partial charge is 0.319 e. The summed E-state index contributed by atoms with van der Waals surface area (Å²) in [7, 11) is 1.41. The zero-order chi connectivity index (χ0) is 14.4. The number of carbonyl (C=O) groups excluding carboxylic acids is 2. The highest BCUT2D eigenvalue weighted by Gasteiger charge is 2.12. The second kappa shape index (κ2) is 6.72. The van der Waals surface area contributed by atoms with Gasteiger partial charge < -0.3 is 16.0 Å². The van der Waals surface area contributed by atoms with Crippen molar-refractivity contribution in [2.24, 2.45) is 0 Å². The minimum absolute atomic E-state index is 0.0406. The molecule has 3 N–H and O–H groups in total. The first kappa shape index (κ1) is 14.9. The predicted molar refractivity (Wildman–Crippen MR) is 71.7 cm³/mol. The van der Waals surface area contributed by atoms with E-state index in [2.05, 4.69) is 16.0 Å². The SMILES string of the molecule is CCC(C)NC(=O)Nc1ccc(F)c(C(=O)NC)c1. The van der Waals surface area contributed by atoms with E-state index < -0.39 is 11.7 Å². The number of hydrogen-bond acceptors (Lipinski definition) is 2. The standard InChI is InChI=1S/C13H18FN3O2/c1-4-8(2)16-13(19)17-9-5-6-11(14)10(7-9)12(18)15-3/h5-8H,4H2,1-3H3,(H,15,18)(H2,16,17,19). The maximum absolute atomic E-state index is 13.4. The molecule has 1 atom stereocenters. The van der Waals surface area contributed by atoms with Crippen molar-refractivity contribution in [1.82, 2.24) is 10.6 Å². The normalized spacial score (nSPS) is 11.6. The zero-order valence-electron chi connectivity index (χ0n) is 11.2. The van der Waals surface area contributed by atoms with Crippen molar-refractivity contribution in [3.8, 4) is 0 Å². The van der Waals surface area contributed by atoms with Crippen LogP contribution in [0.5, 0.6) is 0 Å². The summed E-state index contributed by atoms with van der Waals surface area (Å²) in [6.45, 7) is 3.83. The molecule has 0 aliphatic carbocycles. The number of urea groups is 1. The van der Waals surface area contributed by atoms with Crippen molar-refractivity contribution >= 4 is 17.6 Å². The molecular formula is C13H18FN3O2. The lowest BCUT2D eigenvalue weighted by Crippen LogP contribution is -2.35. The molecule has 0 saturated carbocycles. The summed E-state index contributed by atoms with van der Waals surface area (Å²) >= 11 is 0. The van der Waals surface area contributed by atoms with Crippen LogP contribution in [0.3, 0.4) is 0 Å². The molecule has 0 fully saturated rings. The number of hydrogen-bond donors (Lipinski definition) is 3. The number of carbonyl (C=O) groups is 2. The van der Waals surface area contributed by atoms with Gasteiger partial charge in [0.2, 0.25) is 0 Å². The van der Waals surface area contributed by atoms with Crippen LogP contribution >= 0.6 is 0 Å². The van der Waals surface area contributed by atoms with Crippen LogP contribution in [0.4, 0.5) is 14.9 Å². The summed E-state index contributed by atoms with van der Waals surface area (Å²) in [6.07, 6.45) is 0.806. The fourth-order valence-electron chi connectivity index (χ4n) is 1.40. The van der Waals surface area contributed by atoms with Crippen LogP contribution in [0.2, 0.25) is 0 Å². The van der Waals surface area contributed by atoms with E-state index in [1.807, 2.05) is 13.8 Å². The number of anilines is 1. The minimum atomic E-state index is -0.632. The molecule has 0 saturated heterocycles. The molecule has 0 bridgehead atoms. The lowest BCUT2D eigenvalue weighted by Gasteiger charge is -2.13. The molecule has 1 aromatic rings. The Morgan fingerprint density at radius 1 is 1.37 bits per heavy atom.